The maximum absolute atomic E-state index is 12.9. The second kappa shape index (κ2) is 6.60. The van der Waals surface area contributed by atoms with Gasteiger partial charge in [-0.15, -0.1) is 0 Å². The second-order valence-electron chi connectivity index (χ2n) is 5.48. The Labute approximate surface area is 134 Å². The molecule has 2 atom stereocenters. The van der Waals surface area contributed by atoms with Crippen molar-refractivity contribution < 1.29 is 14.0 Å². The lowest BCUT2D eigenvalue weighted by atomic mass is 10.0. The first-order valence-corrected chi connectivity index (χ1v) is 7.47. The summed E-state index contributed by atoms with van der Waals surface area (Å²) in [6, 6.07) is 15.5. The highest BCUT2D eigenvalue weighted by Gasteiger charge is 2.29. The van der Waals surface area contributed by atoms with Crippen LogP contribution in [0.3, 0.4) is 0 Å². The van der Waals surface area contributed by atoms with Crippen LogP contribution < -0.4 is 5.32 Å². The second-order valence-corrected chi connectivity index (χ2v) is 5.48. The van der Waals surface area contributed by atoms with Crippen molar-refractivity contribution in [3.8, 4) is 0 Å². The molecule has 1 aliphatic heterocycles. The number of rotatable bonds is 4. The molecule has 4 nitrogen and oxygen atoms in total. The van der Waals surface area contributed by atoms with E-state index in [0.717, 1.165) is 16.8 Å². The number of nitrogens with zero attached hydrogens (tertiary/aromatic N) is 1. The van der Waals surface area contributed by atoms with Crippen molar-refractivity contribution >= 4 is 11.6 Å². The molecule has 1 N–H and O–H groups in total. The standard InChI is InChI=1S/C18H17FN2O2/c1-12(13-7-9-15(19)10-8-13)20-18(22)17-11-16(21-23-17)14-5-3-2-4-6-14/h2-10,12,17H,11H2,1H3,(H,20,22)/t12-,17-/m0/s1. The third-order valence-corrected chi connectivity index (χ3v) is 3.80. The monoisotopic (exact) mass is 312 g/mol. The van der Waals surface area contributed by atoms with Gasteiger partial charge in [0.25, 0.3) is 5.91 Å². The van der Waals surface area contributed by atoms with Gasteiger partial charge in [0.15, 0.2) is 0 Å². The van der Waals surface area contributed by atoms with E-state index in [-0.39, 0.29) is 17.8 Å². The molecule has 3 rings (SSSR count). The average molecular weight is 312 g/mol. The number of hydrogen-bond donors (Lipinski definition) is 1. The number of halogens is 1. The first-order chi connectivity index (χ1) is 11.1. The number of hydrogen-bond acceptors (Lipinski definition) is 3. The van der Waals surface area contributed by atoms with Crippen LogP contribution in [0.4, 0.5) is 4.39 Å². The van der Waals surface area contributed by atoms with Crippen molar-refractivity contribution in [2.75, 3.05) is 0 Å². The molecular weight excluding hydrogens is 295 g/mol. The Balaban J connectivity index is 1.59. The van der Waals surface area contributed by atoms with Crippen LogP contribution in [-0.4, -0.2) is 17.7 Å². The summed E-state index contributed by atoms with van der Waals surface area (Å²) in [5.41, 5.74) is 2.55. The molecule has 0 saturated heterocycles. The van der Waals surface area contributed by atoms with Crippen LogP contribution in [0.2, 0.25) is 0 Å². The zero-order chi connectivity index (χ0) is 16.2. The van der Waals surface area contributed by atoms with Crippen LogP contribution in [-0.2, 0) is 9.63 Å². The minimum atomic E-state index is -0.631. The zero-order valence-electron chi connectivity index (χ0n) is 12.7. The maximum Gasteiger partial charge on any atom is 0.264 e. The molecule has 1 heterocycles. The Morgan fingerprint density at radius 2 is 1.91 bits per heavy atom. The van der Waals surface area contributed by atoms with Crippen LogP contribution in [0.25, 0.3) is 0 Å². The summed E-state index contributed by atoms with van der Waals surface area (Å²) in [6.45, 7) is 1.85. The summed E-state index contributed by atoms with van der Waals surface area (Å²) in [5, 5.41) is 6.88. The normalized spacial score (nSPS) is 18.0. The van der Waals surface area contributed by atoms with Crippen molar-refractivity contribution in [2.45, 2.75) is 25.5 Å². The Morgan fingerprint density at radius 3 is 2.61 bits per heavy atom. The molecule has 0 saturated carbocycles. The van der Waals surface area contributed by atoms with Gasteiger partial charge in [0.1, 0.15) is 5.82 Å². The van der Waals surface area contributed by atoms with Gasteiger partial charge in [-0.1, -0.05) is 47.6 Å². The first kappa shape index (κ1) is 15.2. The van der Waals surface area contributed by atoms with E-state index in [0.29, 0.717) is 6.42 Å². The summed E-state index contributed by atoms with van der Waals surface area (Å²) in [7, 11) is 0. The number of nitrogens with one attached hydrogen (secondary N) is 1. The molecule has 0 aromatic heterocycles. The summed E-state index contributed by atoms with van der Waals surface area (Å²) in [6.07, 6.45) is -0.195. The number of carbonyl (C=O) groups excluding carboxylic acids is 1. The SMILES string of the molecule is C[C@H](NC(=O)[C@@H]1CC(c2ccccc2)=NO1)c1ccc(F)cc1. The van der Waals surface area contributed by atoms with Crippen LogP contribution in [0.5, 0.6) is 0 Å². The summed E-state index contributed by atoms with van der Waals surface area (Å²) in [5.74, 6) is -0.524. The van der Waals surface area contributed by atoms with E-state index in [1.165, 1.54) is 12.1 Å². The molecule has 5 heteroatoms. The third kappa shape index (κ3) is 3.56. The number of amides is 1. The largest absolute Gasteiger partial charge is 0.382 e. The lowest BCUT2D eigenvalue weighted by Crippen LogP contribution is -2.36. The fraction of sp³-hybridized carbons (Fsp3) is 0.222. The van der Waals surface area contributed by atoms with Crippen molar-refractivity contribution in [2.24, 2.45) is 5.16 Å². The van der Waals surface area contributed by atoms with Gasteiger partial charge >= 0.3 is 0 Å². The van der Waals surface area contributed by atoms with Gasteiger partial charge in [-0.25, -0.2) is 4.39 Å². The lowest BCUT2D eigenvalue weighted by Gasteiger charge is -2.16. The summed E-state index contributed by atoms with van der Waals surface area (Å²) in [4.78, 5) is 17.5. The minimum absolute atomic E-state index is 0.225. The lowest BCUT2D eigenvalue weighted by molar-refractivity contribution is -0.131. The smallest absolute Gasteiger partial charge is 0.264 e. The number of benzene rings is 2. The molecule has 0 unspecified atom stereocenters. The van der Waals surface area contributed by atoms with E-state index < -0.39 is 6.10 Å². The highest BCUT2D eigenvalue weighted by Crippen LogP contribution is 2.19. The summed E-state index contributed by atoms with van der Waals surface area (Å²) >= 11 is 0. The highest BCUT2D eigenvalue weighted by atomic mass is 19.1. The molecular formula is C18H17FN2O2. The summed E-state index contributed by atoms with van der Waals surface area (Å²) < 4.78 is 12.9. The minimum Gasteiger partial charge on any atom is -0.382 e. The van der Waals surface area contributed by atoms with E-state index in [4.69, 9.17) is 4.84 Å². The molecule has 2 aromatic carbocycles. The van der Waals surface area contributed by atoms with E-state index in [9.17, 15) is 9.18 Å². The third-order valence-electron chi connectivity index (χ3n) is 3.80. The van der Waals surface area contributed by atoms with E-state index in [1.54, 1.807) is 12.1 Å². The molecule has 2 aromatic rings. The maximum atomic E-state index is 12.9. The number of carbonyl (C=O) groups is 1. The van der Waals surface area contributed by atoms with Crippen molar-refractivity contribution in [1.29, 1.82) is 0 Å². The van der Waals surface area contributed by atoms with Crippen LogP contribution >= 0.6 is 0 Å². The van der Waals surface area contributed by atoms with Gasteiger partial charge < -0.3 is 10.2 Å². The van der Waals surface area contributed by atoms with E-state index >= 15 is 0 Å². The van der Waals surface area contributed by atoms with E-state index in [2.05, 4.69) is 10.5 Å². The van der Waals surface area contributed by atoms with Crippen molar-refractivity contribution in [3.05, 3.63) is 71.5 Å². The molecule has 118 valence electrons. The molecule has 1 aliphatic rings. The molecule has 0 spiro atoms. The molecule has 1 amide bonds. The highest BCUT2D eigenvalue weighted by molar-refractivity contribution is 6.04. The first-order valence-electron chi connectivity index (χ1n) is 7.47. The van der Waals surface area contributed by atoms with Gasteiger partial charge in [0, 0.05) is 6.42 Å². The van der Waals surface area contributed by atoms with Gasteiger partial charge in [-0.3, -0.25) is 4.79 Å². The van der Waals surface area contributed by atoms with Crippen LogP contribution in [0.15, 0.2) is 59.8 Å². The molecule has 0 aliphatic carbocycles. The van der Waals surface area contributed by atoms with Crippen LogP contribution in [0.1, 0.15) is 30.5 Å². The zero-order valence-corrected chi connectivity index (χ0v) is 12.7. The molecule has 0 bridgehead atoms. The molecule has 23 heavy (non-hydrogen) atoms. The van der Waals surface area contributed by atoms with Crippen LogP contribution in [0, 0.1) is 5.82 Å². The predicted molar refractivity (Wildman–Crippen MR) is 85.4 cm³/mol. The Kier molecular flexibility index (Phi) is 4.37. The Hall–Kier alpha value is -2.69. The average Bonchev–Trinajstić information content (AvgIpc) is 3.06. The Morgan fingerprint density at radius 1 is 1.22 bits per heavy atom. The van der Waals surface area contributed by atoms with Gasteiger partial charge in [-0.05, 0) is 30.2 Å². The Bertz CT molecular complexity index is 714. The van der Waals surface area contributed by atoms with Gasteiger partial charge in [0.2, 0.25) is 6.10 Å². The van der Waals surface area contributed by atoms with Crippen molar-refractivity contribution in [1.82, 2.24) is 5.32 Å². The molecule has 0 radical (unpaired) electrons. The number of oxime groups is 1. The predicted octanol–water partition coefficient (Wildman–Crippen LogP) is 3.20. The topological polar surface area (TPSA) is 50.7 Å². The van der Waals surface area contributed by atoms with Gasteiger partial charge in [0.05, 0.1) is 11.8 Å². The quantitative estimate of drug-likeness (QED) is 0.942. The fourth-order valence-corrected chi connectivity index (χ4v) is 2.46. The fourth-order valence-electron chi connectivity index (χ4n) is 2.46. The van der Waals surface area contributed by atoms with Crippen molar-refractivity contribution in [3.63, 3.8) is 0 Å². The van der Waals surface area contributed by atoms with Gasteiger partial charge in [-0.2, -0.15) is 0 Å². The van der Waals surface area contributed by atoms with E-state index in [1.807, 2.05) is 37.3 Å². The molecule has 0 fully saturated rings.